The molecule has 1 heteroatoms. The number of unbranched alkanes of at least 4 members (excludes halogenated alkanes) is 6. The van der Waals surface area contributed by atoms with Gasteiger partial charge in [-0.3, -0.25) is 0 Å². The molecular weight excluding hydrogens is 328 g/mol. The predicted octanol–water partition coefficient (Wildman–Crippen LogP) is 9.18. The van der Waals surface area contributed by atoms with Crippen LogP contribution in [0.2, 0.25) is 0 Å². The van der Waals surface area contributed by atoms with E-state index in [0.29, 0.717) is 0 Å². The highest BCUT2D eigenvalue weighted by Gasteiger charge is 2.10. The number of allylic oxidation sites excluding steroid dienone is 5. The van der Waals surface area contributed by atoms with E-state index < -0.39 is 0 Å². The molecule has 0 atom stereocenters. The molecule has 0 spiro atoms. The van der Waals surface area contributed by atoms with Gasteiger partial charge in [0, 0.05) is 0 Å². The van der Waals surface area contributed by atoms with E-state index in [1.54, 1.807) is 14.0 Å². The largest absolute Gasteiger partial charge is 0.502 e. The molecule has 158 valence electrons. The smallest absolute Gasteiger partial charge is 0.0853 e. The summed E-state index contributed by atoms with van der Waals surface area (Å²) < 4.78 is 4.56. The van der Waals surface area contributed by atoms with Crippen LogP contribution >= 0.6 is 0 Å². The fourth-order valence-electron chi connectivity index (χ4n) is 2.84. The van der Waals surface area contributed by atoms with Gasteiger partial charge < -0.3 is 4.74 Å². The third-order valence-corrected chi connectivity index (χ3v) is 4.64. The average Bonchev–Trinajstić information content (AvgIpc) is 3.16. The molecule has 1 nitrogen and oxygen atoms in total. The minimum absolute atomic E-state index is 0.755. The average molecular weight is 377 g/mol. The van der Waals surface area contributed by atoms with Crippen LogP contribution in [-0.4, -0.2) is 7.11 Å². The Morgan fingerprint density at radius 1 is 0.963 bits per heavy atom. The molecule has 1 aliphatic rings. The molecule has 0 unspecified atom stereocenters. The van der Waals surface area contributed by atoms with Gasteiger partial charge in [0.2, 0.25) is 0 Å². The van der Waals surface area contributed by atoms with Crippen molar-refractivity contribution in [1.82, 2.24) is 0 Å². The van der Waals surface area contributed by atoms with Crippen LogP contribution in [0.4, 0.5) is 0 Å². The summed E-state index contributed by atoms with van der Waals surface area (Å²) in [6.07, 6.45) is 24.4. The molecule has 1 aliphatic carbocycles. The highest BCUT2D eigenvalue weighted by atomic mass is 16.5. The number of ether oxygens (including phenoxy) is 1. The Labute approximate surface area is 171 Å². The lowest BCUT2D eigenvalue weighted by atomic mass is 10.1. The Hall–Kier alpha value is -1.24. The molecule has 0 N–H and O–H groups in total. The normalized spacial score (nSPS) is 13.3. The van der Waals surface area contributed by atoms with Crippen LogP contribution in [0.1, 0.15) is 104 Å². The molecule has 0 aromatic heterocycles. The highest BCUT2D eigenvalue weighted by molar-refractivity contribution is 4.90. The van der Waals surface area contributed by atoms with Crippen molar-refractivity contribution in [2.45, 2.75) is 104 Å². The Morgan fingerprint density at radius 2 is 1.56 bits per heavy atom. The number of methoxy groups -OCH3 is 1. The summed E-state index contributed by atoms with van der Waals surface area (Å²) in [5, 5.41) is 0. The summed E-state index contributed by atoms with van der Waals surface area (Å²) in [7, 11) is 1.60. The first-order valence-electron chi connectivity index (χ1n) is 11.1. The quantitative estimate of drug-likeness (QED) is 0.187. The van der Waals surface area contributed by atoms with Crippen molar-refractivity contribution in [3.63, 3.8) is 0 Å². The van der Waals surface area contributed by atoms with Crippen molar-refractivity contribution < 1.29 is 4.74 Å². The SMILES string of the molecule is C=C(C)OC.C=CCCCCC(=C)C.CCCCCC/C=C/C1CCCC1. The first kappa shape index (κ1) is 28.0. The van der Waals surface area contributed by atoms with Crippen molar-refractivity contribution in [3.8, 4) is 0 Å². The monoisotopic (exact) mass is 376 g/mol. The lowest BCUT2D eigenvalue weighted by Crippen LogP contribution is -1.85. The maximum atomic E-state index is 4.56. The van der Waals surface area contributed by atoms with E-state index in [2.05, 4.69) is 50.5 Å². The van der Waals surface area contributed by atoms with E-state index in [4.69, 9.17) is 0 Å². The minimum atomic E-state index is 0.755. The molecule has 1 rings (SSSR count). The summed E-state index contributed by atoms with van der Waals surface area (Å²) in [5.41, 5.74) is 1.29. The van der Waals surface area contributed by atoms with Gasteiger partial charge >= 0.3 is 0 Å². The first-order valence-corrected chi connectivity index (χ1v) is 11.1. The van der Waals surface area contributed by atoms with Crippen LogP contribution in [0.3, 0.4) is 0 Å². The lowest BCUT2D eigenvalue weighted by molar-refractivity contribution is 0.295. The van der Waals surface area contributed by atoms with E-state index in [1.807, 2.05) is 6.08 Å². The third kappa shape index (κ3) is 27.1. The molecule has 0 aromatic rings. The maximum absolute atomic E-state index is 4.56. The van der Waals surface area contributed by atoms with Gasteiger partial charge in [-0.1, -0.05) is 69.4 Å². The van der Waals surface area contributed by atoms with Crippen LogP contribution in [0.15, 0.2) is 49.3 Å². The second kappa shape index (κ2) is 22.8. The molecule has 1 saturated carbocycles. The molecule has 0 heterocycles. The summed E-state index contributed by atoms with van der Waals surface area (Å²) in [5.74, 6) is 1.69. The van der Waals surface area contributed by atoms with Crippen LogP contribution in [0.25, 0.3) is 0 Å². The topological polar surface area (TPSA) is 9.23 Å². The zero-order valence-corrected chi connectivity index (χ0v) is 19.0. The molecule has 0 saturated heterocycles. The molecule has 0 aliphatic heterocycles. The zero-order chi connectivity index (χ0) is 20.8. The Bertz CT molecular complexity index is 372. The number of hydrogen-bond donors (Lipinski definition) is 0. The molecule has 0 bridgehead atoms. The Morgan fingerprint density at radius 3 is 2.04 bits per heavy atom. The summed E-state index contributed by atoms with van der Waals surface area (Å²) in [6.45, 7) is 17.1. The lowest BCUT2D eigenvalue weighted by Gasteiger charge is -1.99. The highest BCUT2D eigenvalue weighted by Crippen LogP contribution is 2.25. The van der Waals surface area contributed by atoms with Gasteiger partial charge in [-0.2, -0.15) is 0 Å². The van der Waals surface area contributed by atoms with E-state index in [-0.39, 0.29) is 0 Å². The summed E-state index contributed by atoms with van der Waals surface area (Å²) in [6, 6.07) is 0. The van der Waals surface area contributed by atoms with Crippen LogP contribution < -0.4 is 0 Å². The fraction of sp³-hybridized carbons (Fsp3) is 0.692. The summed E-state index contributed by atoms with van der Waals surface area (Å²) in [4.78, 5) is 0. The van der Waals surface area contributed by atoms with Crippen molar-refractivity contribution in [3.05, 3.63) is 49.3 Å². The molecular formula is C26H48O. The van der Waals surface area contributed by atoms with Crippen LogP contribution in [0.5, 0.6) is 0 Å². The standard InChI is InChI=1S/C13H24.C9H16.C4H8O/c1-2-3-4-5-6-7-10-13-11-8-9-12-13;1-4-5-6-7-8-9(2)3;1-4(2)5-3/h7,10,13H,2-6,8-9,11-12H2,1H3;4H,1-2,5-8H2,3H3;1H2,2-3H3/b10-7+;;. The van der Waals surface area contributed by atoms with Crippen molar-refractivity contribution in [1.29, 1.82) is 0 Å². The van der Waals surface area contributed by atoms with Gasteiger partial charge in [0.05, 0.1) is 12.9 Å². The fourth-order valence-corrected chi connectivity index (χ4v) is 2.84. The van der Waals surface area contributed by atoms with Gasteiger partial charge in [-0.05, 0) is 71.1 Å². The predicted molar refractivity (Wildman–Crippen MR) is 125 cm³/mol. The molecule has 0 aromatic carbocycles. The Kier molecular flexibility index (Phi) is 23.6. The molecule has 0 amide bonds. The van der Waals surface area contributed by atoms with E-state index in [1.165, 1.54) is 82.6 Å². The van der Waals surface area contributed by atoms with Gasteiger partial charge in [0.1, 0.15) is 0 Å². The third-order valence-electron chi connectivity index (χ3n) is 4.64. The van der Waals surface area contributed by atoms with Gasteiger partial charge in [0.15, 0.2) is 0 Å². The summed E-state index contributed by atoms with van der Waals surface area (Å²) >= 11 is 0. The maximum Gasteiger partial charge on any atom is 0.0853 e. The van der Waals surface area contributed by atoms with Crippen molar-refractivity contribution >= 4 is 0 Å². The van der Waals surface area contributed by atoms with E-state index >= 15 is 0 Å². The second-order valence-electron chi connectivity index (χ2n) is 7.72. The number of rotatable bonds is 12. The van der Waals surface area contributed by atoms with Crippen molar-refractivity contribution in [2.24, 2.45) is 5.92 Å². The van der Waals surface area contributed by atoms with Gasteiger partial charge in [-0.15, -0.1) is 13.2 Å². The van der Waals surface area contributed by atoms with Gasteiger partial charge in [-0.25, -0.2) is 0 Å². The number of hydrogen-bond acceptors (Lipinski definition) is 1. The second-order valence-corrected chi connectivity index (χ2v) is 7.72. The molecule has 1 fully saturated rings. The van der Waals surface area contributed by atoms with Gasteiger partial charge in [0.25, 0.3) is 0 Å². The van der Waals surface area contributed by atoms with E-state index in [0.717, 1.165) is 18.1 Å². The first-order chi connectivity index (χ1) is 13.0. The Balaban J connectivity index is 0. The van der Waals surface area contributed by atoms with Crippen LogP contribution in [-0.2, 0) is 4.74 Å². The molecule has 0 radical (unpaired) electrons. The molecule has 27 heavy (non-hydrogen) atoms. The minimum Gasteiger partial charge on any atom is -0.502 e. The van der Waals surface area contributed by atoms with Crippen LogP contribution in [0, 0.1) is 5.92 Å². The van der Waals surface area contributed by atoms with Crippen molar-refractivity contribution in [2.75, 3.05) is 7.11 Å². The van der Waals surface area contributed by atoms with E-state index in [9.17, 15) is 0 Å². The zero-order valence-electron chi connectivity index (χ0n) is 19.0.